The number of carbonyl (C=O) groups is 2. The molecule has 0 aromatic heterocycles. The minimum atomic E-state index is -4.21. The van der Waals surface area contributed by atoms with Crippen molar-refractivity contribution in [1.82, 2.24) is 10.2 Å². The largest absolute Gasteiger partial charge is 0.497 e. The number of hydrogen-bond acceptors (Lipinski definition) is 5. The highest BCUT2D eigenvalue weighted by atomic mass is 35.5. The zero-order valence-corrected chi connectivity index (χ0v) is 25.9. The van der Waals surface area contributed by atoms with Crippen LogP contribution < -0.4 is 14.4 Å². The number of hydrogen-bond donors (Lipinski definition) is 1. The molecule has 0 aliphatic carbocycles. The van der Waals surface area contributed by atoms with E-state index in [-0.39, 0.29) is 23.0 Å². The number of sulfonamides is 1. The summed E-state index contributed by atoms with van der Waals surface area (Å²) in [4.78, 5) is 29.0. The summed E-state index contributed by atoms with van der Waals surface area (Å²) < 4.78 is 34.1. The number of halogens is 1. The first-order valence-corrected chi connectivity index (χ1v) is 15.2. The average Bonchev–Trinajstić information content (AvgIpc) is 2.90. The summed E-state index contributed by atoms with van der Waals surface area (Å²) in [5.41, 5.74) is 1.54. The Morgan fingerprint density at radius 2 is 1.66 bits per heavy atom. The third-order valence-corrected chi connectivity index (χ3v) is 8.37. The van der Waals surface area contributed by atoms with Crippen LogP contribution in [0.5, 0.6) is 5.75 Å². The Labute approximate surface area is 248 Å². The van der Waals surface area contributed by atoms with Gasteiger partial charge < -0.3 is 15.0 Å². The fourth-order valence-electron chi connectivity index (χ4n) is 4.41. The summed E-state index contributed by atoms with van der Waals surface area (Å²) in [6.45, 7) is 8.96. The summed E-state index contributed by atoms with van der Waals surface area (Å²) in [6.07, 6.45) is 0.335. The first-order valence-electron chi connectivity index (χ1n) is 13.3. The van der Waals surface area contributed by atoms with E-state index in [0.717, 1.165) is 15.4 Å². The van der Waals surface area contributed by atoms with Gasteiger partial charge in [-0.05, 0) is 82.1 Å². The molecule has 0 saturated carbocycles. The predicted molar refractivity (Wildman–Crippen MR) is 163 cm³/mol. The van der Waals surface area contributed by atoms with Crippen molar-refractivity contribution in [3.63, 3.8) is 0 Å². The van der Waals surface area contributed by atoms with E-state index in [2.05, 4.69) is 5.32 Å². The monoisotopic (exact) mass is 599 g/mol. The van der Waals surface area contributed by atoms with Crippen molar-refractivity contribution in [2.24, 2.45) is 0 Å². The maximum atomic E-state index is 14.1. The zero-order chi connectivity index (χ0) is 30.4. The Morgan fingerprint density at radius 1 is 1.00 bits per heavy atom. The van der Waals surface area contributed by atoms with Crippen LogP contribution in [0.2, 0.25) is 5.02 Å². The molecule has 0 aliphatic heterocycles. The Kier molecular flexibility index (Phi) is 10.4. The lowest BCUT2D eigenvalue weighted by Gasteiger charge is -2.35. The molecule has 0 saturated heterocycles. The lowest BCUT2D eigenvalue weighted by molar-refractivity contribution is -0.141. The van der Waals surface area contributed by atoms with Gasteiger partial charge in [0.1, 0.15) is 18.3 Å². The van der Waals surface area contributed by atoms with E-state index in [1.54, 1.807) is 30.3 Å². The molecule has 2 amide bonds. The number of rotatable bonds is 11. The molecule has 3 aromatic rings. The Morgan fingerprint density at radius 3 is 2.22 bits per heavy atom. The summed E-state index contributed by atoms with van der Waals surface area (Å²) in [5, 5.41) is 3.29. The third-order valence-electron chi connectivity index (χ3n) is 6.34. The van der Waals surface area contributed by atoms with Gasteiger partial charge in [0, 0.05) is 17.1 Å². The van der Waals surface area contributed by atoms with E-state index in [1.165, 1.54) is 30.2 Å². The van der Waals surface area contributed by atoms with E-state index in [0.29, 0.717) is 17.2 Å². The minimum absolute atomic E-state index is 0.0196. The summed E-state index contributed by atoms with van der Waals surface area (Å²) >= 11 is 6.24. The van der Waals surface area contributed by atoms with Gasteiger partial charge in [-0.1, -0.05) is 54.4 Å². The van der Waals surface area contributed by atoms with Crippen LogP contribution in [0.1, 0.15) is 45.2 Å². The van der Waals surface area contributed by atoms with Gasteiger partial charge >= 0.3 is 0 Å². The highest BCUT2D eigenvalue weighted by Crippen LogP contribution is 2.28. The fraction of sp³-hybridized carbons (Fsp3) is 0.355. The third kappa shape index (κ3) is 8.47. The Hall–Kier alpha value is -3.56. The number of ether oxygens (including phenoxy) is 1. The molecule has 1 N–H and O–H groups in total. The molecule has 0 fully saturated rings. The van der Waals surface area contributed by atoms with Crippen LogP contribution in [0.25, 0.3) is 0 Å². The van der Waals surface area contributed by atoms with Gasteiger partial charge in [0.25, 0.3) is 10.0 Å². The smallest absolute Gasteiger partial charge is 0.264 e. The maximum absolute atomic E-state index is 14.1. The maximum Gasteiger partial charge on any atom is 0.264 e. The van der Waals surface area contributed by atoms with Crippen LogP contribution in [-0.4, -0.2) is 50.4 Å². The number of benzene rings is 3. The molecule has 3 aromatic carbocycles. The van der Waals surface area contributed by atoms with E-state index >= 15 is 0 Å². The van der Waals surface area contributed by atoms with Crippen LogP contribution >= 0.6 is 11.6 Å². The van der Waals surface area contributed by atoms with E-state index < -0.39 is 34.1 Å². The fourth-order valence-corrected chi connectivity index (χ4v) is 6.01. The number of anilines is 1. The molecular formula is C31H38ClN3O5S. The lowest BCUT2D eigenvalue weighted by atomic mass is 10.0. The number of nitrogens with one attached hydrogen (secondary N) is 1. The number of aryl methyl sites for hydroxylation is 1. The first kappa shape index (κ1) is 32.0. The molecule has 1 atom stereocenters. The molecule has 0 unspecified atom stereocenters. The standard InChI is InChI=1S/C31H38ClN3O5S/c1-7-28(30(37)33-31(3,4)5)34(20-23-11-8-10-22(2)18-23)29(36)21-35(25-13-9-12-24(32)19-25)41(38,39)27-16-14-26(40-6)15-17-27/h8-19,28H,7,20-21H2,1-6H3,(H,33,37)/t28-/m0/s1. The Balaban J connectivity index is 2.08. The molecule has 41 heavy (non-hydrogen) atoms. The van der Waals surface area contributed by atoms with Gasteiger partial charge in [-0.2, -0.15) is 0 Å². The van der Waals surface area contributed by atoms with Gasteiger partial charge in [-0.15, -0.1) is 0 Å². The van der Waals surface area contributed by atoms with Gasteiger partial charge in [0.15, 0.2) is 0 Å². The molecule has 0 bridgehead atoms. The van der Waals surface area contributed by atoms with Crippen molar-refractivity contribution in [1.29, 1.82) is 0 Å². The SMILES string of the molecule is CC[C@@H](C(=O)NC(C)(C)C)N(Cc1cccc(C)c1)C(=O)CN(c1cccc(Cl)c1)S(=O)(=O)c1ccc(OC)cc1. The van der Waals surface area contributed by atoms with Gasteiger partial charge in [-0.3, -0.25) is 13.9 Å². The molecule has 0 aliphatic rings. The summed E-state index contributed by atoms with van der Waals surface area (Å²) in [6, 6.07) is 19.1. The normalized spacial score (nSPS) is 12.4. The second kappa shape index (κ2) is 13.4. The number of methoxy groups -OCH3 is 1. The van der Waals surface area contributed by atoms with Gasteiger partial charge in [-0.25, -0.2) is 8.42 Å². The number of carbonyl (C=O) groups excluding carboxylic acids is 2. The number of nitrogens with zero attached hydrogens (tertiary/aromatic N) is 2. The van der Waals surface area contributed by atoms with E-state index in [1.807, 2.05) is 58.9 Å². The molecule has 10 heteroatoms. The van der Waals surface area contributed by atoms with Gasteiger partial charge in [0.05, 0.1) is 17.7 Å². The highest BCUT2D eigenvalue weighted by molar-refractivity contribution is 7.92. The van der Waals surface area contributed by atoms with Crippen molar-refractivity contribution < 1.29 is 22.7 Å². The Bertz CT molecular complexity index is 1470. The van der Waals surface area contributed by atoms with Crippen molar-refractivity contribution >= 4 is 39.1 Å². The van der Waals surface area contributed by atoms with Crippen LogP contribution in [0, 0.1) is 6.92 Å². The van der Waals surface area contributed by atoms with E-state index in [4.69, 9.17) is 16.3 Å². The van der Waals surface area contributed by atoms with Crippen LogP contribution in [-0.2, 0) is 26.2 Å². The molecule has 8 nitrogen and oxygen atoms in total. The second-order valence-electron chi connectivity index (χ2n) is 10.8. The minimum Gasteiger partial charge on any atom is -0.497 e. The van der Waals surface area contributed by atoms with Crippen LogP contribution in [0.15, 0.2) is 77.7 Å². The van der Waals surface area contributed by atoms with Crippen molar-refractivity contribution in [2.45, 2.75) is 64.1 Å². The van der Waals surface area contributed by atoms with E-state index in [9.17, 15) is 18.0 Å². The predicted octanol–water partition coefficient (Wildman–Crippen LogP) is 5.57. The molecule has 0 radical (unpaired) electrons. The van der Waals surface area contributed by atoms with Crippen molar-refractivity contribution in [3.05, 3.63) is 88.9 Å². The van der Waals surface area contributed by atoms with Crippen LogP contribution in [0.4, 0.5) is 5.69 Å². The molecule has 3 rings (SSSR count). The summed E-state index contributed by atoms with van der Waals surface area (Å²) in [5.74, 6) is -0.345. The van der Waals surface area contributed by atoms with Crippen molar-refractivity contribution in [2.75, 3.05) is 18.0 Å². The zero-order valence-electron chi connectivity index (χ0n) is 24.3. The average molecular weight is 600 g/mol. The summed E-state index contributed by atoms with van der Waals surface area (Å²) in [7, 11) is -2.73. The number of amides is 2. The first-order chi connectivity index (χ1) is 19.2. The molecule has 0 spiro atoms. The van der Waals surface area contributed by atoms with Gasteiger partial charge in [0.2, 0.25) is 11.8 Å². The topological polar surface area (TPSA) is 96.0 Å². The highest BCUT2D eigenvalue weighted by Gasteiger charge is 2.34. The quantitative estimate of drug-likeness (QED) is 0.311. The lowest BCUT2D eigenvalue weighted by Crippen LogP contribution is -2.55. The molecule has 220 valence electrons. The second-order valence-corrected chi connectivity index (χ2v) is 13.1. The molecule has 0 heterocycles. The molecular weight excluding hydrogens is 562 g/mol. The van der Waals surface area contributed by atoms with Crippen molar-refractivity contribution in [3.8, 4) is 5.75 Å². The van der Waals surface area contributed by atoms with Crippen LogP contribution in [0.3, 0.4) is 0 Å².